The number of carbonyl (C=O) groups excluding carboxylic acids is 1. The first-order valence-electron chi connectivity index (χ1n) is 13.6. The number of rotatable bonds is 6. The van der Waals surface area contributed by atoms with E-state index in [0.29, 0.717) is 36.5 Å². The van der Waals surface area contributed by atoms with Gasteiger partial charge in [-0.25, -0.2) is 4.39 Å². The van der Waals surface area contributed by atoms with E-state index in [1.807, 2.05) is 6.92 Å². The van der Waals surface area contributed by atoms with Gasteiger partial charge >= 0.3 is 6.18 Å². The van der Waals surface area contributed by atoms with Gasteiger partial charge in [-0.3, -0.25) is 9.69 Å². The first-order valence-corrected chi connectivity index (χ1v) is 13.6. The van der Waals surface area contributed by atoms with Gasteiger partial charge in [0.15, 0.2) is 12.0 Å². The Morgan fingerprint density at radius 2 is 2.00 bits per heavy atom. The zero-order chi connectivity index (χ0) is 28.9. The fraction of sp³-hybridized carbons (Fsp3) is 0.483. The van der Waals surface area contributed by atoms with Crippen molar-refractivity contribution in [2.45, 2.75) is 50.3 Å². The lowest BCUT2D eigenvalue weighted by Gasteiger charge is -2.43. The highest BCUT2D eigenvalue weighted by Crippen LogP contribution is 2.47. The molecule has 0 aliphatic carbocycles. The van der Waals surface area contributed by atoms with E-state index in [4.69, 9.17) is 9.47 Å². The van der Waals surface area contributed by atoms with Gasteiger partial charge in [0.1, 0.15) is 6.33 Å². The molecule has 1 amide bonds. The minimum Gasteiger partial charge on any atom is -0.379 e. The number of halogens is 4. The Morgan fingerprint density at radius 1 is 1.20 bits per heavy atom. The number of alkyl halides is 4. The minimum atomic E-state index is -4.63. The molecule has 2 atom stereocenters. The zero-order valence-corrected chi connectivity index (χ0v) is 22.8. The van der Waals surface area contributed by atoms with Gasteiger partial charge in [-0.2, -0.15) is 13.2 Å². The number of hydrogen-bond acceptors (Lipinski definition) is 6. The van der Waals surface area contributed by atoms with Gasteiger partial charge in [0.25, 0.3) is 5.91 Å². The molecule has 1 aromatic heterocycles. The summed E-state index contributed by atoms with van der Waals surface area (Å²) in [6.45, 7) is 4.10. The SMILES string of the molecule is CC1CN(Cc2cc3c(c(C(F)(F)F)c2)CN(c2cccc(C4([C@H](F)c5nncn5C)COC4)c2)C3=O)CCCO1. The molecule has 0 saturated carbocycles. The normalized spacial score (nSPS) is 21.9. The monoisotopic (exact) mass is 573 g/mol. The number of nitrogens with zero attached hydrogens (tertiary/aromatic N) is 5. The van der Waals surface area contributed by atoms with Crippen molar-refractivity contribution in [1.29, 1.82) is 0 Å². The lowest BCUT2D eigenvalue weighted by atomic mass is 9.74. The molecule has 2 saturated heterocycles. The van der Waals surface area contributed by atoms with Crippen LogP contribution < -0.4 is 4.90 Å². The van der Waals surface area contributed by atoms with E-state index < -0.39 is 29.2 Å². The van der Waals surface area contributed by atoms with Gasteiger partial charge in [0.2, 0.25) is 0 Å². The predicted octanol–water partition coefficient (Wildman–Crippen LogP) is 4.58. The molecule has 3 aliphatic heterocycles. The standard InChI is InChI=1S/C29H31F4N5O3/c1-18-12-37(7-4-8-41-18)13-19-9-22-23(24(10-19)29(31,32)33)14-38(27(22)39)21-6-3-5-20(11-21)28(15-40-16-28)25(30)26-35-34-17-36(26)2/h3,5-6,9-11,17-18,25H,4,7-8,12-16H2,1-2H3/t18?,25-/m1/s1. The summed E-state index contributed by atoms with van der Waals surface area (Å²) in [5.74, 6) is -0.364. The second-order valence-corrected chi connectivity index (χ2v) is 11.2. The molecular weight excluding hydrogens is 542 g/mol. The molecule has 2 fully saturated rings. The van der Waals surface area contributed by atoms with Crippen LogP contribution in [0.4, 0.5) is 23.2 Å². The number of fused-ring (bicyclic) bond motifs is 1. The van der Waals surface area contributed by atoms with Crippen LogP contribution in [0.15, 0.2) is 42.7 Å². The van der Waals surface area contributed by atoms with Crippen molar-refractivity contribution < 1.29 is 31.8 Å². The molecule has 0 radical (unpaired) electrons. The smallest absolute Gasteiger partial charge is 0.379 e. The number of anilines is 1. The molecular formula is C29H31F4N5O3. The summed E-state index contributed by atoms with van der Waals surface area (Å²) in [5.41, 5.74) is -0.445. The Bertz CT molecular complexity index is 1450. The molecule has 41 heavy (non-hydrogen) atoms. The van der Waals surface area contributed by atoms with Crippen molar-refractivity contribution in [2.24, 2.45) is 7.05 Å². The molecule has 0 spiro atoms. The highest BCUT2D eigenvalue weighted by molar-refractivity contribution is 6.10. The number of hydrogen-bond donors (Lipinski definition) is 0. The quantitative estimate of drug-likeness (QED) is 0.402. The van der Waals surface area contributed by atoms with E-state index in [2.05, 4.69) is 15.1 Å². The van der Waals surface area contributed by atoms with Crippen molar-refractivity contribution >= 4 is 11.6 Å². The van der Waals surface area contributed by atoms with E-state index in [1.54, 1.807) is 37.4 Å². The fourth-order valence-electron chi connectivity index (χ4n) is 6.04. The number of benzene rings is 2. The summed E-state index contributed by atoms with van der Waals surface area (Å²) in [6, 6.07) is 9.50. The Balaban J connectivity index is 1.32. The van der Waals surface area contributed by atoms with Gasteiger partial charge in [0, 0.05) is 44.5 Å². The van der Waals surface area contributed by atoms with E-state index in [9.17, 15) is 18.0 Å². The topological polar surface area (TPSA) is 72.7 Å². The lowest BCUT2D eigenvalue weighted by molar-refractivity contribution is -0.138. The summed E-state index contributed by atoms with van der Waals surface area (Å²) >= 11 is 0. The Labute approximate surface area is 234 Å². The van der Waals surface area contributed by atoms with Crippen molar-refractivity contribution in [3.8, 4) is 0 Å². The van der Waals surface area contributed by atoms with Crippen molar-refractivity contribution in [3.05, 3.63) is 76.4 Å². The van der Waals surface area contributed by atoms with Crippen molar-refractivity contribution in [1.82, 2.24) is 19.7 Å². The second kappa shape index (κ2) is 10.5. The van der Waals surface area contributed by atoms with Crippen LogP contribution in [0, 0.1) is 0 Å². The van der Waals surface area contributed by atoms with Crippen LogP contribution in [0.25, 0.3) is 0 Å². The lowest BCUT2D eigenvalue weighted by Crippen LogP contribution is -2.50. The van der Waals surface area contributed by atoms with Crippen LogP contribution in [-0.4, -0.2) is 64.6 Å². The maximum atomic E-state index is 15.9. The molecule has 3 aliphatic rings. The summed E-state index contributed by atoms with van der Waals surface area (Å²) < 4.78 is 71.3. The summed E-state index contributed by atoms with van der Waals surface area (Å²) in [4.78, 5) is 17.0. The summed E-state index contributed by atoms with van der Waals surface area (Å²) in [6.07, 6.45) is -3.98. The second-order valence-electron chi connectivity index (χ2n) is 11.2. The first-order chi connectivity index (χ1) is 19.6. The number of carbonyl (C=O) groups is 1. The zero-order valence-electron chi connectivity index (χ0n) is 22.8. The highest BCUT2D eigenvalue weighted by atomic mass is 19.4. The molecule has 0 N–H and O–H groups in total. The third-order valence-corrected chi connectivity index (χ3v) is 8.26. The summed E-state index contributed by atoms with van der Waals surface area (Å²) in [5, 5.41) is 7.70. The van der Waals surface area contributed by atoms with Gasteiger partial charge in [-0.1, -0.05) is 12.1 Å². The average Bonchev–Trinajstić information content (AvgIpc) is 3.40. The maximum Gasteiger partial charge on any atom is 0.416 e. The fourth-order valence-corrected chi connectivity index (χ4v) is 6.04. The Hall–Kier alpha value is -3.35. The third kappa shape index (κ3) is 5.02. The minimum absolute atomic E-state index is 0.0274. The van der Waals surface area contributed by atoms with Gasteiger partial charge in [-0.05, 0) is 54.3 Å². The highest BCUT2D eigenvalue weighted by Gasteiger charge is 2.51. The van der Waals surface area contributed by atoms with Crippen LogP contribution in [0.3, 0.4) is 0 Å². The Kier molecular flexibility index (Phi) is 7.11. The van der Waals surface area contributed by atoms with E-state index in [0.717, 1.165) is 12.5 Å². The summed E-state index contributed by atoms with van der Waals surface area (Å²) in [7, 11) is 1.65. The molecule has 0 bridgehead atoms. The number of aryl methyl sites for hydroxylation is 1. The van der Waals surface area contributed by atoms with Crippen LogP contribution in [0.2, 0.25) is 0 Å². The molecule has 8 nitrogen and oxygen atoms in total. The van der Waals surface area contributed by atoms with Crippen molar-refractivity contribution in [2.75, 3.05) is 37.8 Å². The molecule has 12 heteroatoms. The largest absolute Gasteiger partial charge is 0.416 e. The average molecular weight is 574 g/mol. The number of amides is 1. The van der Waals surface area contributed by atoms with Crippen LogP contribution in [-0.2, 0) is 41.2 Å². The third-order valence-electron chi connectivity index (χ3n) is 8.26. The van der Waals surface area contributed by atoms with Crippen LogP contribution >= 0.6 is 0 Å². The van der Waals surface area contributed by atoms with Crippen molar-refractivity contribution in [3.63, 3.8) is 0 Å². The van der Waals surface area contributed by atoms with Gasteiger partial charge < -0.3 is 18.9 Å². The number of aromatic nitrogens is 3. The van der Waals surface area contributed by atoms with E-state index in [-0.39, 0.29) is 49.4 Å². The molecule has 1 unspecified atom stereocenters. The number of ether oxygens (including phenoxy) is 2. The van der Waals surface area contributed by atoms with E-state index in [1.165, 1.54) is 15.8 Å². The molecule has 4 heterocycles. The molecule has 2 aromatic carbocycles. The van der Waals surface area contributed by atoms with E-state index >= 15 is 4.39 Å². The maximum absolute atomic E-state index is 15.9. The van der Waals surface area contributed by atoms with Gasteiger partial charge in [0.05, 0.1) is 36.8 Å². The predicted molar refractivity (Wildman–Crippen MR) is 141 cm³/mol. The first kappa shape index (κ1) is 27.8. The molecule has 3 aromatic rings. The van der Waals surface area contributed by atoms with Crippen LogP contribution in [0.1, 0.15) is 58.0 Å². The Morgan fingerprint density at radius 3 is 2.68 bits per heavy atom. The van der Waals surface area contributed by atoms with Gasteiger partial charge in [-0.15, -0.1) is 10.2 Å². The molecule has 218 valence electrons. The van der Waals surface area contributed by atoms with Crippen LogP contribution in [0.5, 0.6) is 0 Å². The molecule has 6 rings (SSSR count).